The summed E-state index contributed by atoms with van der Waals surface area (Å²) in [5, 5.41) is 4.11. The van der Waals surface area contributed by atoms with Crippen LogP contribution in [0, 0.1) is 5.92 Å². The molecule has 5 heteroatoms. The molecule has 0 radical (unpaired) electrons. The molecule has 0 unspecified atom stereocenters. The van der Waals surface area contributed by atoms with Gasteiger partial charge in [-0.2, -0.15) is 0 Å². The number of halogens is 1. The van der Waals surface area contributed by atoms with E-state index in [1.807, 2.05) is 6.07 Å². The molecule has 116 valence electrons. The van der Waals surface area contributed by atoms with Gasteiger partial charge in [0.1, 0.15) is 0 Å². The second kappa shape index (κ2) is 6.86. The Kier molecular flexibility index (Phi) is 4.88. The average molecular weight is 311 g/mol. The van der Waals surface area contributed by atoms with Crippen molar-refractivity contribution in [3.05, 3.63) is 22.7 Å². The van der Waals surface area contributed by atoms with E-state index in [4.69, 9.17) is 21.1 Å². The fraction of sp³-hybridized carbons (Fsp3) is 0.625. The first kappa shape index (κ1) is 14.9. The predicted molar refractivity (Wildman–Crippen MR) is 84.1 cm³/mol. The Morgan fingerprint density at radius 2 is 2.10 bits per heavy atom. The second-order valence-corrected chi connectivity index (χ2v) is 6.25. The van der Waals surface area contributed by atoms with Crippen LogP contribution in [-0.2, 0) is 6.54 Å². The molecule has 3 rings (SSSR count). The first-order valence-corrected chi connectivity index (χ1v) is 8.15. The van der Waals surface area contributed by atoms with E-state index in [-0.39, 0.29) is 6.79 Å². The molecule has 4 nitrogen and oxygen atoms in total. The van der Waals surface area contributed by atoms with Gasteiger partial charge in [-0.3, -0.25) is 4.90 Å². The van der Waals surface area contributed by atoms with Crippen molar-refractivity contribution >= 4 is 11.6 Å². The Balaban J connectivity index is 1.55. The number of nitrogens with zero attached hydrogens (tertiary/aromatic N) is 1. The largest absolute Gasteiger partial charge is 0.454 e. The number of piperidine rings is 1. The molecule has 0 bridgehead atoms. The Morgan fingerprint density at radius 1 is 1.29 bits per heavy atom. The van der Waals surface area contributed by atoms with E-state index in [0.29, 0.717) is 10.8 Å². The predicted octanol–water partition coefficient (Wildman–Crippen LogP) is 2.89. The SMILES string of the molecule is CCNCC1CCN(Cc2cc(Cl)c3c(c2)OCO3)CC1. The van der Waals surface area contributed by atoms with Crippen LogP contribution in [0.5, 0.6) is 11.5 Å². The van der Waals surface area contributed by atoms with Gasteiger partial charge in [0.2, 0.25) is 6.79 Å². The summed E-state index contributed by atoms with van der Waals surface area (Å²) in [4.78, 5) is 2.50. The number of hydrogen-bond acceptors (Lipinski definition) is 4. The summed E-state index contributed by atoms with van der Waals surface area (Å²) in [7, 11) is 0. The van der Waals surface area contributed by atoms with Gasteiger partial charge in [0, 0.05) is 6.54 Å². The van der Waals surface area contributed by atoms with Crippen LogP contribution in [0.1, 0.15) is 25.3 Å². The summed E-state index contributed by atoms with van der Waals surface area (Å²) in [6.07, 6.45) is 2.54. The fourth-order valence-electron chi connectivity index (χ4n) is 3.07. The van der Waals surface area contributed by atoms with Crippen molar-refractivity contribution in [2.75, 3.05) is 33.0 Å². The second-order valence-electron chi connectivity index (χ2n) is 5.84. The first-order valence-electron chi connectivity index (χ1n) is 7.77. The lowest BCUT2D eigenvalue weighted by Gasteiger charge is -2.32. The van der Waals surface area contributed by atoms with Crippen molar-refractivity contribution in [2.24, 2.45) is 5.92 Å². The number of rotatable bonds is 5. The van der Waals surface area contributed by atoms with E-state index in [0.717, 1.165) is 44.4 Å². The summed E-state index contributed by atoms with van der Waals surface area (Å²) in [6, 6.07) is 4.05. The highest BCUT2D eigenvalue weighted by Crippen LogP contribution is 2.40. The normalized spacial score (nSPS) is 19.1. The van der Waals surface area contributed by atoms with Crippen LogP contribution >= 0.6 is 11.6 Å². The average Bonchev–Trinajstić information content (AvgIpc) is 2.95. The fourth-order valence-corrected chi connectivity index (χ4v) is 3.36. The number of fused-ring (bicyclic) bond motifs is 1. The van der Waals surface area contributed by atoms with Crippen molar-refractivity contribution in [1.29, 1.82) is 0 Å². The van der Waals surface area contributed by atoms with Crippen LogP contribution < -0.4 is 14.8 Å². The molecule has 1 fully saturated rings. The Labute approximate surface area is 131 Å². The van der Waals surface area contributed by atoms with Gasteiger partial charge < -0.3 is 14.8 Å². The first-order chi connectivity index (χ1) is 10.3. The molecule has 1 N–H and O–H groups in total. The minimum atomic E-state index is 0.272. The van der Waals surface area contributed by atoms with Crippen molar-refractivity contribution in [3.63, 3.8) is 0 Å². The van der Waals surface area contributed by atoms with E-state index < -0.39 is 0 Å². The molecule has 0 atom stereocenters. The van der Waals surface area contributed by atoms with Crippen molar-refractivity contribution < 1.29 is 9.47 Å². The Bertz CT molecular complexity index is 487. The maximum Gasteiger partial charge on any atom is 0.231 e. The third kappa shape index (κ3) is 3.62. The molecule has 2 aliphatic rings. The van der Waals surface area contributed by atoms with E-state index in [9.17, 15) is 0 Å². The number of likely N-dealkylation sites (tertiary alicyclic amines) is 1. The molecule has 1 saturated heterocycles. The minimum absolute atomic E-state index is 0.272. The van der Waals surface area contributed by atoms with Crippen molar-refractivity contribution in [3.8, 4) is 11.5 Å². The van der Waals surface area contributed by atoms with Gasteiger partial charge in [-0.1, -0.05) is 18.5 Å². The summed E-state index contributed by atoms with van der Waals surface area (Å²) >= 11 is 6.24. The molecular formula is C16H23ClN2O2. The molecule has 2 aliphatic heterocycles. The molecule has 0 amide bonds. The highest BCUT2D eigenvalue weighted by molar-refractivity contribution is 6.32. The lowest BCUT2D eigenvalue weighted by molar-refractivity contribution is 0.172. The van der Waals surface area contributed by atoms with Gasteiger partial charge in [0.05, 0.1) is 5.02 Å². The minimum Gasteiger partial charge on any atom is -0.454 e. The lowest BCUT2D eigenvalue weighted by atomic mass is 9.96. The van der Waals surface area contributed by atoms with E-state index in [2.05, 4.69) is 23.2 Å². The van der Waals surface area contributed by atoms with Crippen LogP contribution in [0.3, 0.4) is 0 Å². The molecule has 0 aromatic heterocycles. The van der Waals surface area contributed by atoms with Gasteiger partial charge in [0.15, 0.2) is 11.5 Å². The summed E-state index contributed by atoms with van der Waals surface area (Å²) in [5.74, 6) is 2.28. The third-order valence-electron chi connectivity index (χ3n) is 4.28. The van der Waals surface area contributed by atoms with Crippen LogP contribution in [0.25, 0.3) is 0 Å². The molecule has 0 spiro atoms. The van der Waals surface area contributed by atoms with E-state index in [1.165, 1.54) is 18.4 Å². The van der Waals surface area contributed by atoms with Crippen LogP contribution in [0.4, 0.5) is 0 Å². The van der Waals surface area contributed by atoms with Crippen molar-refractivity contribution in [1.82, 2.24) is 10.2 Å². The number of benzene rings is 1. The van der Waals surface area contributed by atoms with Crippen LogP contribution in [0.2, 0.25) is 5.02 Å². The summed E-state index contributed by atoms with van der Waals surface area (Å²) in [6.45, 7) is 7.90. The van der Waals surface area contributed by atoms with Gasteiger partial charge in [-0.25, -0.2) is 0 Å². The molecule has 2 heterocycles. The lowest BCUT2D eigenvalue weighted by Crippen LogP contribution is -2.36. The van der Waals surface area contributed by atoms with E-state index in [1.54, 1.807) is 0 Å². The maximum absolute atomic E-state index is 6.24. The highest BCUT2D eigenvalue weighted by atomic mass is 35.5. The van der Waals surface area contributed by atoms with Gasteiger partial charge in [-0.05, 0) is 62.6 Å². The molecule has 0 aliphatic carbocycles. The van der Waals surface area contributed by atoms with Gasteiger partial charge >= 0.3 is 0 Å². The topological polar surface area (TPSA) is 33.7 Å². The number of ether oxygens (including phenoxy) is 2. The molecule has 1 aromatic rings. The zero-order chi connectivity index (χ0) is 14.7. The Hall–Kier alpha value is -0.970. The highest BCUT2D eigenvalue weighted by Gasteiger charge is 2.21. The number of nitrogens with one attached hydrogen (secondary N) is 1. The smallest absolute Gasteiger partial charge is 0.231 e. The summed E-state index contributed by atoms with van der Waals surface area (Å²) < 4.78 is 10.8. The summed E-state index contributed by atoms with van der Waals surface area (Å²) in [5.41, 5.74) is 1.20. The zero-order valence-electron chi connectivity index (χ0n) is 12.5. The van der Waals surface area contributed by atoms with Gasteiger partial charge in [-0.15, -0.1) is 0 Å². The molecule has 21 heavy (non-hydrogen) atoms. The quantitative estimate of drug-likeness (QED) is 0.907. The number of hydrogen-bond donors (Lipinski definition) is 1. The molecule has 0 saturated carbocycles. The third-order valence-corrected chi connectivity index (χ3v) is 4.56. The standard InChI is InChI=1S/C16H23ClN2O2/c1-2-18-9-12-3-5-19(6-4-12)10-13-7-14(17)16-15(8-13)20-11-21-16/h7-8,12,18H,2-6,9-11H2,1H3. The van der Waals surface area contributed by atoms with E-state index >= 15 is 0 Å². The van der Waals surface area contributed by atoms with Gasteiger partial charge in [0.25, 0.3) is 0 Å². The molecular weight excluding hydrogens is 288 g/mol. The Morgan fingerprint density at radius 3 is 2.86 bits per heavy atom. The van der Waals surface area contributed by atoms with Crippen LogP contribution in [0.15, 0.2) is 12.1 Å². The van der Waals surface area contributed by atoms with Crippen molar-refractivity contribution in [2.45, 2.75) is 26.3 Å². The zero-order valence-corrected chi connectivity index (χ0v) is 13.3. The monoisotopic (exact) mass is 310 g/mol. The molecule has 1 aromatic carbocycles. The van der Waals surface area contributed by atoms with Crippen LogP contribution in [-0.4, -0.2) is 37.9 Å². The maximum atomic E-state index is 6.24.